The van der Waals surface area contributed by atoms with Gasteiger partial charge in [0.05, 0.1) is 18.6 Å². The molecule has 28 heavy (non-hydrogen) atoms. The summed E-state index contributed by atoms with van der Waals surface area (Å²) in [6.07, 6.45) is 1.43. The molecule has 0 saturated carbocycles. The van der Waals surface area contributed by atoms with Crippen LogP contribution in [0, 0.1) is 0 Å². The standard InChI is InChI=1S/C19H31N3O6/c1-8-9-21-12-20-15(16(24)25)13(21)10-22(17(26)28-19(5,6)7)11-14(23)27-18(2,3)4/h12H,8-11H2,1-7H3,(H,24,25). The molecule has 1 rings (SSSR count). The van der Waals surface area contributed by atoms with Gasteiger partial charge in [0.25, 0.3) is 0 Å². The van der Waals surface area contributed by atoms with Gasteiger partial charge in [-0.15, -0.1) is 0 Å². The number of carboxylic acid groups (broad SMARTS) is 1. The van der Waals surface area contributed by atoms with Crippen molar-refractivity contribution in [2.24, 2.45) is 0 Å². The SMILES string of the molecule is CCCn1cnc(C(=O)O)c1CN(CC(=O)OC(C)(C)C)C(=O)OC(C)(C)C. The Bertz CT molecular complexity index is 712. The Hall–Kier alpha value is -2.58. The molecule has 0 aliphatic carbocycles. The molecule has 0 bridgehead atoms. The number of aromatic nitrogens is 2. The number of hydrogen-bond acceptors (Lipinski definition) is 6. The van der Waals surface area contributed by atoms with Crippen LogP contribution in [0.4, 0.5) is 4.79 Å². The second-order valence-electron chi connectivity index (χ2n) is 8.46. The van der Waals surface area contributed by atoms with Crippen LogP contribution in [0.3, 0.4) is 0 Å². The van der Waals surface area contributed by atoms with Gasteiger partial charge in [-0.3, -0.25) is 9.69 Å². The second-order valence-corrected chi connectivity index (χ2v) is 8.46. The van der Waals surface area contributed by atoms with Crippen LogP contribution >= 0.6 is 0 Å². The first-order chi connectivity index (χ1) is 12.7. The molecular formula is C19H31N3O6. The molecular weight excluding hydrogens is 366 g/mol. The second kappa shape index (κ2) is 9.07. The van der Waals surface area contributed by atoms with E-state index in [0.717, 1.165) is 11.3 Å². The first-order valence-electron chi connectivity index (χ1n) is 9.20. The van der Waals surface area contributed by atoms with E-state index in [1.54, 1.807) is 46.1 Å². The first-order valence-corrected chi connectivity index (χ1v) is 9.20. The van der Waals surface area contributed by atoms with Gasteiger partial charge < -0.3 is 19.1 Å². The molecule has 1 heterocycles. The smallest absolute Gasteiger partial charge is 0.411 e. The van der Waals surface area contributed by atoms with E-state index in [9.17, 15) is 19.5 Å². The number of esters is 1. The molecule has 1 aromatic heterocycles. The maximum absolute atomic E-state index is 12.7. The summed E-state index contributed by atoms with van der Waals surface area (Å²) in [5.74, 6) is -1.82. The molecule has 0 aliphatic heterocycles. The molecule has 0 saturated heterocycles. The number of aryl methyl sites for hydroxylation is 1. The fraction of sp³-hybridized carbons (Fsp3) is 0.684. The largest absolute Gasteiger partial charge is 0.476 e. The highest BCUT2D eigenvalue weighted by molar-refractivity contribution is 5.87. The van der Waals surface area contributed by atoms with E-state index < -0.39 is 29.2 Å². The molecule has 1 N–H and O–H groups in total. The highest BCUT2D eigenvalue weighted by atomic mass is 16.6. The number of rotatable bonds is 7. The Kier molecular flexibility index (Phi) is 7.60. The van der Waals surface area contributed by atoms with E-state index in [1.165, 1.54) is 6.33 Å². The van der Waals surface area contributed by atoms with Crippen molar-refractivity contribution in [1.82, 2.24) is 14.5 Å². The van der Waals surface area contributed by atoms with E-state index in [4.69, 9.17) is 9.47 Å². The summed E-state index contributed by atoms with van der Waals surface area (Å²) in [5, 5.41) is 9.42. The molecule has 9 nitrogen and oxygen atoms in total. The summed E-state index contributed by atoms with van der Waals surface area (Å²) in [6.45, 7) is 12.3. The van der Waals surface area contributed by atoms with Gasteiger partial charge in [0.1, 0.15) is 17.7 Å². The Morgan fingerprint density at radius 3 is 2.14 bits per heavy atom. The maximum atomic E-state index is 12.7. The summed E-state index contributed by atoms with van der Waals surface area (Å²) in [7, 11) is 0. The minimum Gasteiger partial charge on any atom is -0.476 e. The average Bonchev–Trinajstić information content (AvgIpc) is 2.86. The summed E-state index contributed by atoms with van der Waals surface area (Å²) in [6, 6.07) is 0. The predicted octanol–water partition coefficient (Wildman–Crippen LogP) is 3.07. The molecule has 0 fully saturated rings. The highest BCUT2D eigenvalue weighted by Crippen LogP contribution is 2.17. The zero-order valence-corrected chi connectivity index (χ0v) is 17.7. The molecule has 0 radical (unpaired) electrons. The van der Waals surface area contributed by atoms with Gasteiger partial charge in [0.2, 0.25) is 0 Å². The third kappa shape index (κ3) is 7.58. The minimum atomic E-state index is -1.20. The number of aromatic carboxylic acids is 1. The van der Waals surface area contributed by atoms with E-state index in [0.29, 0.717) is 12.2 Å². The normalized spacial score (nSPS) is 11.8. The van der Waals surface area contributed by atoms with Gasteiger partial charge in [-0.2, -0.15) is 0 Å². The van der Waals surface area contributed by atoms with E-state index in [1.807, 2.05) is 6.92 Å². The third-order valence-corrected chi connectivity index (χ3v) is 3.35. The van der Waals surface area contributed by atoms with Crippen LogP contribution in [0.5, 0.6) is 0 Å². The lowest BCUT2D eigenvalue weighted by Gasteiger charge is -2.28. The zero-order chi connectivity index (χ0) is 21.7. The van der Waals surface area contributed by atoms with Crippen LogP contribution in [-0.4, -0.2) is 55.3 Å². The fourth-order valence-corrected chi connectivity index (χ4v) is 2.41. The molecule has 1 aromatic rings. The summed E-state index contributed by atoms with van der Waals surface area (Å²) < 4.78 is 12.3. The van der Waals surface area contributed by atoms with Crippen LogP contribution in [0.15, 0.2) is 6.33 Å². The van der Waals surface area contributed by atoms with Crippen LogP contribution in [0.25, 0.3) is 0 Å². The number of ether oxygens (including phenoxy) is 2. The summed E-state index contributed by atoms with van der Waals surface area (Å²) >= 11 is 0. The van der Waals surface area contributed by atoms with Crippen LogP contribution in [0.1, 0.15) is 71.1 Å². The van der Waals surface area contributed by atoms with Crippen molar-refractivity contribution in [3.05, 3.63) is 17.7 Å². The lowest BCUT2D eigenvalue weighted by Crippen LogP contribution is -2.42. The van der Waals surface area contributed by atoms with E-state index in [2.05, 4.69) is 4.98 Å². The van der Waals surface area contributed by atoms with E-state index in [-0.39, 0.29) is 18.8 Å². The molecule has 0 atom stereocenters. The molecule has 0 aliphatic rings. The van der Waals surface area contributed by atoms with Gasteiger partial charge in [-0.25, -0.2) is 14.6 Å². The van der Waals surface area contributed by atoms with E-state index >= 15 is 0 Å². The summed E-state index contributed by atoms with van der Waals surface area (Å²) in [5.41, 5.74) is -1.33. The maximum Gasteiger partial charge on any atom is 0.411 e. The fourth-order valence-electron chi connectivity index (χ4n) is 2.41. The van der Waals surface area contributed by atoms with Crippen molar-refractivity contribution < 1.29 is 29.0 Å². The number of hydrogen-bond donors (Lipinski definition) is 1. The van der Waals surface area contributed by atoms with Crippen LogP contribution in [0.2, 0.25) is 0 Å². The lowest BCUT2D eigenvalue weighted by molar-refractivity contribution is -0.156. The van der Waals surface area contributed by atoms with Crippen molar-refractivity contribution in [3.8, 4) is 0 Å². The van der Waals surface area contributed by atoms with Gasteiger partial charge in [-0.1, -0.05) is 6.92 Å². The zero-order valence-electron chi connectivity index (χ0n) is 17.7. The van der Waals surface area contributed by atoms with Crippen molar-refractivity contribution in [1.29, 1.82) is 0 Å². The monoisotopic (exact) mass is 397 g/mol. The number of amides is 1. The lowest BCUT2D eigenvalue weighted by atomic mass is 10.2. The van der Waals surface area contributed by atoms with Crippen LogP contribution < -0.4 is 0 Å². The molecule has 9 heteroatoms. The molecule has 0 aromatic carbocycles. The van der Waals surface area contributed by atoms with Gasteiger partial charge >= 0.3 is 18.0 Å². The Labute approximate surface area is 165 Å². The Morgan fingerprint density at radius 1 is 1.11 bits per heavy atom. The van der Waals surface area contributed by atoms with Gasteiger partial charge in [0, 0.05) is 6.54 Å². The molecule has 0 unspecified atom stereocenters. The Balaban J connectivity index is 3.18. The number of carboxylic acids is 1. The van der Waals surface area contributed by atoms with Crippen molar-refractivity contribution in [2.75, 3.05) is 6.54 Å². The van der Waals surface area contributed by atoms with Crippen LogP contribution in [-0.2, 0) is 27.4 Å². The first kappa shape index (κ1) is 23.5. The summed E-state index contributed by atoms with van der Waals surface area (Å²) in [4.78, 5) is 41.5. The van der Waals surface area contributed by atoms with Crippen molar-refractivity contribution in [2.45, 2.75) is 79.2 Å². The highest BCUT2D eigenvalue weighted by Gasteiger charge is 2.29. The average molecular weight is 397 g/mol. The third-order valence-electron chi connectivity index (χ3n) is 3.35. The number of carbonyl (C=O) groups is 3. The van der Waals surface area contributed by atoms with Crippen molar-refractivity contribution >= 4 is 18.0 Å². The topological polar surface area (TPSA) is 111 Å². The van der Waals surface area contributed by atoms with Crippen molar-refractivity contribution in [3.63, 3.8) is 0 Å². The number of carbonyl (C=O) groups excluding carboxylic acids is 2. The minimum absolute atomic E-state index is 0.143. The molecule has 0 spiro atoms. The number of imidazole rings is 1. The Morgan fingerprint density at radius 2 is 1.68 bits per heavy atom. The predicted molar refractivity (Wildman–Crippen MR) is 102 cm³/mol. The molecule has 158 valence electrons. The quantitative estimate of drug-likeness (QED) is 0.704. The van der Waals surface area contributed by atoms with Gasteiger partial charge in [0.15, 0.2) is 5.69 Å². The van der Waals surface area contributed by atoms with Gasteiger partial charge in [-0.05, 0) is 48.0 Å². The number of nitrogens with zero attached hydrogens (tertiary/aromatic N) is 3. The molecule has 1 amide bonds.